The molecule has 0 bridgehead atoms. The van der Waals surface area contributed by atoms with E-state index in [1.165, 1.54) is 0 Å². The number of nitrogens with zero attached hydrogens (tertiary/aromatic N) is 2. The van der Waals surface area contributed by atoms with Crippen LogP contribution in [0.3, 0.4) is 0 Å². The van der Waals surface area contributed by atoms with Gasteiger partial charge in [0.15, 0.2) is 0 Å². The summed E-state index contributed by atoms with van der Waals surface area (Å²) in [4.78, 5) is 13.1. The SMILES string of the molecule is COCC1=C(C(=O)OC(C)(C)C)C(c2ccc(Cl)c(Cl)c2)n2nccc2N1. The average molecular weight is 410 g/mol. The van der Waals surface area contributed by atoms with E-state index >= 15 is 0 Å². The lowest BCUT2D eigenvalue weighted by atomic mass is 9.95. The van der Waals surface area contributed by atoms with Gasteiger partial charge in [0, 0.05) is 13.2 Å². The van der Waals surface area contributed by atoms with Crippen LogP contribution in [0.25, 0.3) is 0 Å². The number of esters is 1. The molecule has 0 fully saturated rings. The molecule has 0 radical (unpaired) electrons. The third-order valence-electron chi connectivity index (χ3n) is 3.96. The van der Waals surface area contributed by atoms with E-state index in [0.717, 1.165) is 11.4 Å². The third kappa shape index (κ3) is 4.13. The second kappa shape index (κ2) is 7.54. The third-order valence-corrected chi connectivity index (χ3v) is 4.70. The number of benzene rings is 1. The summed E-state index contributed by atoms with van der Waals surface area (Å²) in [6.45, 7) is 5.69. The molecule has 0 aliphatic carbocycles. The van der Waals surface area contributed by atoms with E-state index in [0.29, 0.717) is 21.3 Å². The van der Waals surface area contributed by atoms with Gasteiger partial charge in [0.05, 0.1) is 34.1 Å². The summed E-state index contributed by atoms with van der Waals surface area (Å²) in [7, 11) is 1.57. The molecule has 0 saturated carbocycles. The minimum atomic E-state index is -0.644. The minimum Gasteiger partial charge on any atom is -0.456 e. The molecule has 1 unspecified atom stereocenters. The summed E-state index contributed by atoms with van der Waals surface area (Å²) in [6.07, 6.45) is 1.66. The Labute approximate surface area is 168 Å². The summed E-state index contributed by atoms with van der Waals surface area (Å²) < 4.78 is 12.7. The molecule has 1 atom stereocenters. The molecule has 2 heterocycles. The van der Waals surface area contributed by atoms with Crippen molar-refractivity contribution in [2.45, 2.75) is 32.4 Å². The minimum absolute atomic E-state index is 0.220. The predicted molar refractivity (Wildman–Crippen MR) is 105 cm³/mol. The van der Waals surface area contributed by atoms with Crippen molar-refractivity contribution >= 4 is 35.0 Å². The Morgan fingerprint density at radius 3 is 2.63 bits per heavy atom. The van der Waals surface area contributed by atoms with Gasteiger partial charge in [-0.05, 0) is 38.5 Å². The highest BCUT2D eigenvalue weighted by Crippen LogP contribution is 2.38. The first-order chi connectivity index (χ1) is 12.7. The first-order valence-electron chi connectivity index (χ1n) is 8.42. The van der Waals surface area contributed by atoms with Crippen molar-refractivity contribution in [3.63, 3.8) is 0 Å². The van der Waals surface area contributed by atoms with Gasteiger partial charge in [0.1, 0.15) is 17.5 Å². The van der Waals surface area contributed by atoms with Gasteiger partial charge < -0.3 is 14.8 Å². The number of halogens is 2. The van der Waals surface area contributed by atoms with Crippen LogP contribution < -0.4 is 5.32 Å². The zero-order chi connectivity index (χ0) is 19.8. The first kappa shape index (κ1) is 19.7. The smallest absolute Gasteiger partial charge is 0.338 e. The molecule has 0 amide bonds. The lowest BCUT2D eigenvalue weighted by molar-refractivity contribution is -0.150. The van der Waals surface area contributed by atoms with Crippen molar-refractivity contribution in [2.24, 2.45) is 0 Å². The summed E-state index contributed by atoms with van der Waals surface area (Å²) in [6, 6.07) is 6.56. The van der Waals surface area contributed by atoms with Crippen LogP contribution in [0.4, 0.5) is 5.82 Å². The lowest BCUT2D eigenvalue weighted by Crippen LogP contribution is -2.34. The highest BCUT2D eigenvalue weighted by molar-refractivity contribution is 6.42. The van der Waals surface area contributed by atoms with E-state index in [2.05, 4.69) is 10.4 Å². The summed E-state index contributed by atoms with van der Waals surface area (Å²) >= 11 is 12.3. The van der Waals surface area contributed by atoms with E-state index in [-0.39, 0.29) is 6.61 Å². The molecule has 27 heavy (non-hydrogen) atoms. The Morgan fingerprint density at radius 2 is 2.00 bits per heavy atom. The van der Waals surface area contributed by atoms with Crippen molar-refractivity contribution in [1.82, 2.24) is 9.78 Å². The molecular formula is C19H21Cl2N3O3. The second-order valence-corrected chi connectivity index (χ2v) is 8.00. The van der Waals surface area contributed by atoms with Gasteiger partial charge in [-0.1, -0.05) is 29.3 Å². The summed E-state index contributed by atoms with van der Waals surface area (Å²) in [5.74, 6) is 0.296. The molecule has 2 aromatic rings. The molecule has 144 valence electrons. The zero-order valence-corrected chi connectivity index (χ0v) is 17.1. The monoisotopic (exact) mass is 409 g/mol. The van der Waals surface area contributed by atoms with E-state index in [1.807, 2.05) is 32.9 Å². The normalized spacial score (nSPS) is 16.7. The van der Waals surface area contributed by atoms with Crippen LogP contribution in [-0.4, -0.2) is 35.1 Å². The number of hydrogen-bond donors (Lipinski definition) is 1. The van der Waals surface area contributed by atoms with E-state index in [4.69, 9.17) is 32.7 Å². The van der Waals surface area contributed by atoms with Gasteiger partial charge in [0.25, 0.3) is 0 Å². The number of ether oxygens (including phenoxy) is 2. The van der Waals surface area contributed by atoms with Gasteiger partial charge in [-0.2, -0.15) is 5.10 Å². The van der Waals surface area contributed by atoms with Gasteiger partial charge in [-0.3, -0.25) is 0 Å². The predicted octanol–water partition coefficient (Wildman–Crippen LogP) is 4.45. The fourth-order valence-corrected chi connectivity index (χ4v) is 3.25. The molecular weight excluding hydrogens is 389 g/mol. The van der Waals surface area contributed by atoms with Gasteiger partial charge in [-0.15, -0.1) is 0 Å². The molecule has 0 saturated heterocycles. The Hall–Kier alpha value is -2.02. The second-order valence-electron chi connectivity index (χ2n) is 7.19. The fourth-order valence-electron chi connectivity index (χ4n) is 2.94. The maximum atomic E-state index is 13.1. The van der Waals surface area contributed by atoms with Crippen LogP contribution >= 0.6 is 23.2 Å². The van der Waals surface area contributed by atoms with Crippen molar-refractivity contribution < 1.29 is 14.3 Å². The quantitative estimate of drug-likeness (QED) is 0.755. The Morgan fingerprint density at radius 1 is 1.26 bits per heavy atom. The standard InChI is InChI=1S/C19H21Cl2N3O3/c1-19(2,3)27-18(25)16-14(10-26-4)23-15-7-8-22-24(15)17(16)11-5-6-12(20)13(21)9-11/h5-9,17,23H,10H2,1-4H3. The lowest BCUT2D eigenvalue weighted by Gasteiger charge is -2.32. The molecule has 1 aromatic carbocycles. The summed E-state index contributed by atoms with van der Waals surface area (Å²) in [5, 5.41) is 8.44. The van der Waals surface area contributed by atoms with Crippen LogP contribution in [0.1, 0.15) is 32.4 Å². The number of carbonyl (C=O) groups excluding carboxylic acids is 1. The fraction of sp³-hybridized carbons (Fsp3) is 0.368. The van der Waals surface area contributed by atoms with Crippen LogP contribution in [0.5, 0.6) is 0 Å². The van der Waals surface area contributed by atoms with Gasteiger partial charge >= 0.3 is 5.97 Å². The van der Waals surface area contributed by atoms with Crippen molar-refractivity contribution in [1.29, 1.82) is 0 Å². The molecule has 1 aliphatic heterocycles. The molecule has 1 aromatic heterocycles. The van der Waals surface area contributed by atoms with Gasteiger partial charge in [0.2, 0.25) is 0 Å². The molecule has 1 N–H and O–H groups in total. The molecule has 8 heteroatoms. The van der Waals surface area contributed by atoms with Crippen molar-refractivity contribution in [2.75, 3.05) is 19.0 Å². The molecule has 1 aliphatic rings. The highest BCUT2D eigenvalue weighted by Gasteiger charge is 2.36. The Bertz CT molecular complexity index is 900. The number of hydrogen-bond acceptors (Lipinski definition) is 5. The summed E-state index contributed by atoms with van der Waals surface area (Å²) in [5.41, 5.74) is 1.16. The number of anilines is 1. The molecule has 6 nitrogen and oxygen atoms in total. The number of fused-ring (bicyclic) bond motifs is 1. The topological polar surface area (TPSA) is 65.4 Å². The largest absolute Gasteiger partial charge is 0.456 e. The number of nitrogens with one attached hydrogen (secondary N) is 1. The number of rotatable bonds is 4. The van der Waals surface area contributed by atoms with Crippen molar-refractivity contribution in [3.8, 4) is 0 Å². The number of carbonyl (C=O) groups is 1. The maximum absolute atomic E-state index is 13.1. The Balaban J connectivity index is 2.17. The van der Waals surface area contributed by atoms with Crippen LogP contribution in [-0.2, 0) is 14.3 Å². The van der Waals surface area contributed by atoms with Crippen LogP contribution in [0.2, 0.25) is 10.0 Å². The number of aromatic nitrogens is 2. The maximum Gasteiger partial charge on any atom is 0.338 e. The van der Waals surface area contributed by atoms with Gasteiger partial charge in [-0.25, -0.2) is 9.48 Å². The average Bonchev–Trinajstić information content (AvgIpc) is 3.03. The van der Waals surface area contributed by atoms with E-state index < -0.39 is 17.6 Å². The van der Waals surface area contributed by atoms with Crippen molar-refractivity contribution in [3.05, 3.63) is 57.3 Å². The zero-order valence-electron chi connectivity index (χ0n) is 15.5. The van der Waals surface area contributed by atoms with E-state index in [9.17, 15) is 4.79 Å². The Kier molecular flexibility index (Phi) is 5.51. The molecule has 3 rings (SSSR count). The first-order valence-corrected chi connectivity index (χ1v) is 9.17. The van der Waals surface area contributed by atoms with Crippen LogP contribution in [0.15, 0.2) is 41.7 Å². The van der Waals surface area contributed by atoms with E-state index in [1.54, 1.807) is 30.1 Å². The highest BCUT2D eigenvalue weighted by atomic mass is 35.5. The van der Waals surface area contributed by atoms with Crippen LogP contribution in [0, 0.1) is 0 Å². The molecule has 0 spiro atoms. The number of methoxy groups -OCH3 is 1.